The van der Waals surface area contributed by atoms with E-state index in [1.165, 1.54) is 16.8 Å². The molecule has 9 heteroatoms. The molecular weight excluding hydrogens is 364 g/mol. The number of rotatable bonds is 7. The summed E-state index contributed by atoms with van der Waals surface area (Å²) >= 11 is 0. The lowest BCUT2D eigenvalue weighted by Gasteiger charge is -2.10. The molecule has 3 aromatic rings. The SMILES string of the molecule is CCCn1nc(C(=O)OC(C)c2nnc(-c3ccc(OC)cc3)o2)ccc1=O. The van der Waals surface area contributed by atoms with Gasteiger partial charge < -0.3 is 13.9 Å². The van der Waals surface area contributed by atoms with E-state index in [4.69, 9.17) is 13.9 Å². The first-order chi connectivity index (χ1) is 13.5. The van der Waals surface area contributed by atoms with Crippen molar-refractivity contribution < 1.29 is 18.7 Å². The minimum absolute atomic E-state index is 0.0368. The maximum Gasteiger partial charge on any atom is 0.359 e. The number of nitrogens with zero attached hydrogens (tertiary/aromatic N) is 4. The van der Waals surface area contributed by atoms with Gasteiger partial charge in [-0.15, -0.1) is 10.2 Å². The van der Waals surface area contributed by atoms with Gasteiger partial charge in [0.25, 0.3) is 11.4 Å². The van der Waals surface area contributed by atoms with Crippen molar-refractivity contribution in [2.45, 2.75) is 32.9 Å². The summed E-state index contributed by atoms with van der Waals surface area (Å²) in [4.78, 5) is 24.1. The second kappa shape index (κ2) is 8.47. The molecule has 0 bridgehead atoms. The molecule has 1 atom stereocenters. The highest BCUT2D eigenvalue weighted by atomic mass is 16.6. The fraction of sp³-hybridized carbons (Fsp3) is 0.316. The second-order valence-corrected chi connectivity index (χ2v) is 6.00. The lowest BCUT2D eigenvalue weighted by atomic mass is 10.2. The molecule has 1 aromatic carbocycles. The van der Waals surface area contributed by atoms with Gasteiger partial charge in [-0.1, -0.05) is 6.92 Å². The van der Waals surface area contributed by atoms with Gasteiger partial charge >= 0.3 is 5.97 Å². The van der Waals surface area contributed by atoms with Crippen molar-refractivity contribution in [1.82, 2.24) is 20.0 Å². The van der Waals surface area contributed by atoms with Crippen LogP contribution in [-0.4, -0.2) is 33.1 Å². The van der Waals surface area contributed by atoms with Crippen LogP contribution < -0.4 is 10.3 Å². The van der Waals surface area contributed by atoms with Gasteiger partial charge in [0.2, 0.25) is 5.89 Å². The van der Waals surface area contributed by atoms with E-state index in [1.54, 1.807) is 38.3 Å². The zero-order valence-corrected chi connectivity index (χ0v) is 15.8. The number of methoxy groups -OCH3 is 1. The van der Waals surface area contributed by atoms with Gasteiger partial charge in [-0.2, -0.15) is 5.10 Å². The maximum atomic E-state index is 12.3. The summed E-state index contributed by atoms with van der Waals surface area (Å²) in [5.41, 5.74) is 0.480. The molecule has 0 aliphatic heterocycles. The first-order valence-electron chi connectivity index (χ1n) is 8.78. The molecule has 0 fully saturated rings. The summed E-state index contributed by atoms with van der Waals surface area (Å²) in [5.74, 6) is 0.487. The number of aryl methyl sites for hydroxylation is 1. The van der Waals surface area contributed by atoms with E-state index in [0.717, 1.165) is 6.42 Å². The smallest absolute Gasteiger partial charge is 0.359 e. The summed E-state index contributed by atoms with van der Waals surface area (Å²) in [5, 5.41) is 12.0. The Balaban J connectivity index is 1.71. The summed E-state index contributed by atoms with van der Waals surface area (Å²) in [7, 11) is 1.58. The molecule has 28 heavy (non-hydrogen) atoms. The highest BCUT2D eigenvalue weighted by Gasteiger charge is 2.21. The van der Waals surface area contributed by atoms with E-state index >= 15 is 0 Å². The van der Waals surface area contributed by atoms with Gasteiger partial charge in [-0.05, 0) is 43.7 Å². The zero-order chi connectivity index (χ0) is 20.1. The molecule has 0 amide bonds. The normalized spacial score (nSPS) is 11.8. The van der Waals surface area contributed by atoms with Crippen molar-refractivity contribution in [2.75, 3.05) is 7.11 Å². The second-order valence-electron chi connectivity index (χ2n) is 6.00. The van der Waals surface area contributed by atoms with Crippen molar-refractivity contribution in [2.24, 2.45) is 0 Å². The molecule has 146 valence electrons. The van der Waals surface area contributed by atoms with E-state index in [2.05, 4.69) is 15.3 Å². The predicted molar refractivity (Wildman–Crippen MR) is 98.9 cm³/mol. The molecule has 9 nitrogen and oxygen atoms in total. The molecule has 0 aliphatic rings. The van der Waals surface area contributed by atoms with Crippen LogP contribution in [0.25, 0.3) is 11.5 Å². The molecule has 0 radical (unpaired) electrons. The van der Waals surface area contributed by atoms with Crippen molar-refractivity contribution in [3.63, 3.8) is 0 Å². The Kier molecular flexibility index (Phi) is 5.83. The van der Waals surface area contributed by atoms with Crippen LogP contribution in [0.4, 0.5) is 0 Å². The molecule has 0 saturated carbocycles. The third-order valence-corrected chi connectivity index (χ3v) is 3.92. The monoisotopic (exact) mass is 384 g/mol. The Labute approximate surface area is 160 Å². The van der Waals surface area contributed by atoms with Crippen molar-refractivity contribution in [3.8, 4) is 17.2 Å². The Morgan fingerprint density at radius 2 is 1.93 bits per heavy atom. The van der Waals surface area contributed by atoms with Gasteiger partial charge in [0.15, 0.2) is 11.8 Å². The number of hydrogen-bond donors (Lipinski definition) is 0. The zero-order valence-electron chi connectivity index (χ0n) is 15.8. The van der Waals surface area contributed by atoms with Crippen LogP contribution in [0.15, 0.2) is 45.6 Å². The third kappa shape index (κ3) is 4.25. The lowest BCUT2D eigenvalue weighted by molar-refractivity contribution is 0.0269. The van der Waals surface area contributed by atoms with Gasteiger partial charge in [0.1, 0.15) is 5.75 Å². The number of carbonyl (C=O) groups is 1. The Bertz CT molecular complexity index is 1010. The molecule has 1 unspecified atom stereocenters. The number of esters is 1. The van der Waals surface area contributed by atoms with E-state index in [9.17, 15) is 9.59 Å². The van der Waals surface area contributed by atoms with E-state index < -0.39 is 12.1 Å². The van der Waals surface area contributed by atoms with Gasteiger partial charge in [0.05, 0.1) is 7.11 Å². The Morgan fingerprint density at radius 1 is 1.18 bits per heavy atom. The minimum atomic E-state index is -0.777. The summed E-state index contributed by atoms with van der Waals surface area (Å²) in [6.45, 7) is 3.95. The predicted octanol–water partition coefficient (Wildman–Crippen LogP) is 2.63. The Hall–Kier alpha value is -3.49. The molecule has 2 aromatic heterocycles. The van der Waals surface area contributed by atoms with Crippen molar-refractivity contribution in [1.29, 1.82) is 0 Å². The van der Waals surface area contributed by atoms with Gasteiger partial charge in [0, 0.05) is 18.2 Å². The number of ether oxygens (including phenoxy) is 2. The molecular formula is C19H20N4O5. The van der Waals surface area contributed by atoms with Gasteiger partial charge in [-0.25, -0.2) is 9.48 Å². The molecule has 0 aliphatic carbocycles. The van der Waals surface area contributed by atoms with Gasteiger partial charge in [-0.3, -0.25) is 4.79 Å². The minimum Gasteiger partial charge on any atom is -0.497 e. The van der Waals surface area contributed by atoms with Crippen LogP contribution >= 0.6 is 0 Å². The number of hydrogen-bond acceptors (Lipinski definition) is 8. The first kappa shape index (κ1) is 19.3. The molecule has 3 rings (SSSR count). The quantitative estimate of drug-likeness (QED) is 0.572. The van der Waals surface area contributed by atoms with Crippen molar-refractivity contribution in [3.05, 3.63) is 58.3 Å². The van der Waals surface area contributed by atoms with Crippen molar-refractivity contribution >= 4 is 5.97 Å². The summed E-state index contributed by atoms with van der Waals surface area (Å²) in [6, 6.07) is 9.75. The molecule has 0 saturated heterocycles. The number of aromatic nitrogens is 4. The number of benzene rings is 1. The lowest BCUT2D eigenvalue weighted by Crippen LogP contribution is -2.25. The maximum absolute atomic E-state index is 12.3. The van der Waals surface area contributed by atoms with Crippen LogP contribution in [0.5, 0.6) is 5.75 Å². The summed E-state index contributed by atoms with van der Waals surface area (Å²) in [6.07, 6.45) is -0.0573. The largest absolute Gasteiger partial charge is 0.497 e. The molecule has 0 N–H and O–H groups in total. The van der Waals surface area contributed by atoms with Crippen LogP contribution in [-0.2, 0) is 11.3 Å². The topological polar surface area (TPSA) is 109 Å². The molecule has 2 heterocycles. The van der Waals surface area contributed by atoms with Crippen LogP contribution in [0, 0.1) is 0 Å². The highest BCUT2D eigenvalue weighted by molar-refractivity contribution is 5.87. The average Bonchev–Trinajstić information content (AvgIpc) is 3.20. The average molecular weight is 384 g/mol. The van der Waals surface area contributed by atoms with E-state index in [0.29, 0.717) is 23.7 Å². The van der Waals surface area contributed by atoms with E-state index in [-0.39, 0.29) is 17.1 Å². The standard InChI is InChI=1S/C19H20N4O5/c1-4-11-23-16(24)10-9-15(22-23)19(25)27-12(2)17-20-21-18(28-17)13-5-7-14(26-3)8-6-13/h5-10,12H,4,11H2,1-3H3. The van der Waals surface area contributed by atoms with Crippen LogP contribution in [0.1, 0.15) is 42.8 Å². The third-order valence-electron chi connectivity index (χ3n) is 3.92. The first-order valence-corrected chi connectivity index (χ1v) is 8.78. The molecule has 0 spiro atoms. The Morgan fingerprint density at radius 3 is 2.61 bits per heavy atom. The van der Waals surface area contributed by atoms with E-state index in [1.807, 2.05) is 6.92 Å². The highest BCUT2D eigenvalue weighted by Crippen LogP contribution is 2.24. The fourth-order valence-electron chi connectivity index (χ4n) is 2.45. The fourth-order valence-corrected chi connectivity index (χ4v) is 2.45. The van der Waals surface area contributed by atoms with Crippen LogP contribution in [0.3, 0.4) is 0 Å². The summed E-state index contributed by atoms with van der Waals surface area (Å²) < 4.78 is 17.3. The number of carbonyl (C=O) groups excluding carboxylic acids is 1. The van der Waals surface area contributed by atoms with Crippen LogP contribution in [0.2, 0.25) is 0 Å².